The van der Waals surface area contributed by atoms with E-state index in [1.165, 1.54) is 0 Å². The second-order valence-electron chi connectivity index (χ2n) is 6.11. The summed E-state index contributed by atoms with van der Waals surface area (Å²) < 4.78 is 10.6. The molecule has 146 valence electrons. The molecule has 27 heavy (non-hydrogen) atoms. The van der Waals surface area contributed by atoms with Gasteiger partial charge in [-0.1, -0.05) is 6.07 Å². The van der Waals surface area contributed by atoms with Crippen molar-refractivity contribution in [1.82, 2.24) is 0 Å². The van der Waals surface area contributed by atoms with Gasteiger partial charge in [-0.2, -0.15) is 0 Å². The molecule has 2 N–H and O–H groups in total. The number of carbonyl (C=O) groups is 1. The highest BCUT2D eigenvalue weighted by molar-refractivity contribution is 7.99. The highest BCUT2D eigenvalue weighted by atomic mass is 35.5. The Labute approximate surface area is 170 Å². The molecule has 0 aromatic heterocycles. The number of thioether (sulfide) groups is 1. The van der Waals surface area contributed by atoms with Crippen LogP contribution < -0.4 is 20.1 Å². The number of fused-ring (bicyclic) bond motifs is 1. The number of ether oxygens (including phenoxy) is 2. The van der Waals surface area contributed by atoms with Gasteiger partial charge in [-0.3, -0.25) is 4.79 Å². The summed E-state index contributed by atoms with van der Waals surface area (Å²) in [4.78, 5) is 15.6. The van der Waals surface area contributed by atoms with Crippen LogP contribution in [0.5, 0.6) is 11.5 Å². The van der Waals surface area contributed by atoms with E-state index in [2.05, 4.69) is 0 Å². The van der Waals surface area contributed by atoms with Gasteiger partial charge in [0.15, 0.2) is 11.5 Å². The number of nitrogens with two attached hydrogens (primary N) is 1. The molecule has 7 heteroatoms. The van der Waals surface area contributed by atoms with Gasteiger partial charge >= 0.3 is 0 Å². The number of benzene rings is 2. The summed E-state index contributed by atoms with van der Waals surface area (Å²) in [6, 6.07) is 11.6. The number of nitrogens with zero attached hydrogens (tertiary/aromatic N) is 1. The normalized spacial score (nSPS) is 12.7. The lowest BCUT2D eigenvalue weighted by molar-refractivity contribution is -0.118. The van der Waals surface area contributed by atoms with Crippen LogP contribution in [0, 0.1) is 0 Å². The third-order valence-electron chi connectivity index (χ3n) is 4.53. The largest absolute Gasteiger partial charge is 0.493 e. The standard InChI is InChI=1S/C20H24N2O3S.ClH/c1-24-18-9-8-14(13-19(18)25-2)26-12-10-20(23)22-11-4-5-15-16(21)6-3-7-17(15)22;/h3,6-9,13H,4-5,10-12,21H2,1-2H3;1H. The van der Waals surface area contributed by atoms with Crippen molar-refractivity contribution in [3.63, 3.8) is 0 Å². The van der Waals surface area contributed by atoms with Crippen LogP contribution in [0.25, 0.3) is 0 Å². The number of hydrogen-bond acceptors (Lipinski definition) is 5. The van der Waals surface area contributed by atoms with Crippen LogP contribution >= 0.6 is 24.2 Å². The average molecular weight is 409 g/mol. The van der Waals surface area contributed by atoms with Gasteiger partial charge in [0, 0.05) is 35.0 Å². The highest BCUT2D eigenvalue weighted by Gasteiger charge is 2.23. The van der Waals surface area contributed by atoms with Gasteiger partial charge in [-0.25, -0.2) is 0 Å². The molecule has 5 nitrogen and oxygen atoms in total. The molecule has 1 aliphatic heterocycles. The van der Waals surface area contributed by atoms with Crippen LogP contribution in [0.1, 0.15) is 18.4 Å². The Morgan fingerprint density at radius 3 is 2.70 bits per heavy atom. The number of carbonyl (C=O) groups excluding carboxylic acids is 1. The van der Waals surface area contributed by atoms with Gasteiger partial charge < -0.3 is 20.1 Å². The zero-order valence-electron chi connectivity index (χ0n) is 15.6. The third-order valence-corrected chi connectivity index (χ3v) is 5.52. The Kier molecular flexibility index (Phi) is 7.68. The maximum Gasteiger partial charge on any atom is 0.227 e. The van der Waals surface area contributed by atoms with E-state index in [0.717, 1.165) is 41.2 Å². The topological polar surface area (TPSA) is 64.8 Å². The van der Waals surface area contributed by atoms with Crippen LogP contribution in [0.4, 0.5) is 11.4 Å². The molecule has 1 aliphatic rings. The second kappa shape index (κ2) is 9.76. The maximum absolute atomic E-state index is 12.7. The van der Waals surface area contributed by atoms with E-state index in [-0.39, 0.29) is 18.3 Å². The number of hydrogen-bond donors (Lipinski definition) is 1. The highest BCUT2D eigenvalue weighted by Crippen LogP contribution is 2.34. The lowest BCUT2D eigenvalue weighted by atomic mass is 9.99. The SMILES string of the molecule is COc1ccc(SCCC(=O)N2CCCc3c(N)cccc32)cc1OC.Cl. The molecule has 0 saturated carbocycles. The van der Waals surface area contributed by atoms with Crippen LogP contribution in [-0.2, 0) is 11.2 Å². The predicted molar refractivity (Wildman–Crippen MR) is 114 cm³/mol. The second-order valence-corrected chi connectivity index (χ2v) is 7.28. The zero-order chi connectivity index (χ0) is 18.5. The Morgan fingerprint density at radius 2 is 1.96 bits per heavy atom. The predicted octanol–water partition coefficient (Wildman–Crippen LogP) is 4.17. The Balaban J connectivity index is 0.00000261. The molecule has 0 bridgehead atoms. The number of halogens is 1. The fraction of sp³-hybridized carbons (Fsp3) is 0.350. The number of nitrogen functional groups attached to an aromatic ring is 1. The van der Waals surface area contributed by atoms with E-state index < -0.39 is 0 Å². The first-order valence-corrected chi connectivity index (χ1v) is 9.65. The first kappa shape index (κ1) is 21.3. The number of methoxy groups -OCH3 is 2. The molecular formula is C20H25ClN2O3S. The fourth-order valence-electron chi connectivity index (χ4n) is 3.21. The Hall–Kier alpha value is -2.05. The molecule has 1 amide bonds. The summed E-state index contributed by atoms with van der Waals surface area (Å²) in [6.07, 6.45) is 2.37. The molecule has 0 radical (unpaired) electrons. The number of amides is 1. The minimum absolute atomic E-state index is 0. The molecular weight excluding hydrogens is 384 g/mol. The summed E-state index contributed by atoms with van der Waals surface area (Å²) in [6.45, 7) is 0.760. The summed E-state index contributed by atoms with van der Waals surface area (Å²) in [5.41, 5.74) is 8.91. The summed E-state index contributed by atoms with van der Waals surface area (Å²) >= 11 is 1.64. The van der Waals surface area contributed by atoms with Crippen LogP contribution in [0.2, 0.25) is 0 Å². The molecule has 1 heterocycles. The summed E-state index contributed by atoms with van der Waals surface area (Å²) in [5, 5.41) is 0. The van der Waals surface area contributed by atoms with E-state index in [1.807, 2.05) is 41.3 Å². The zero-order valence-corrected chi connectivity index (χ0v) is 17.2. The first-order chi connectivity index (χ1) is 12.6. The van der Waals surface area contributed by atoms with Crippen molar-refractivity contribution < 1.29 is 14.3 Å². The van der Waals surface area contributed by atoms with Gasteiger partial charge in [0.05, 0.1) is 14.2 Å². The minimum atomic E-state index is 0. The van der Waals surface area contributed by atoms with Crippen molar-refractivity contribution in [1.29, 1.82) is 0 Å². The van der Waals surface area contributed by atoms with Gasteiger partial charge in [-0.05, 0) is 48.7 Å². The van der Waals surface area contributed by atoms with E-state index in [9.17, 15) is 4.79 Å². The Morgan fingerprint density at radius 1 is 1.19 bits per heavy atom. The molecule has 0 saturated heterocycles. The van der Waals surface area contributed by atoms with Crippen molar-refractivity contribution in [2.45, 2.75) is 24.2 Å². The van der Waals surface area contributed by atoms with Crippen molar-refractivity contribution in [3.05, 3.63) is 42.0 Å². The van der Waals surface area contributed by atoms with Crippen molar-refractivity contribution in [2.75, 3.05) is 37.2 Å². The van der Waals surface area contributed by atoms with Crippen LogP contribution in [0.3, 0.4) is 0 Å². The molecule has 0 spiro atoms. The summed E-state index contributed by atoms with van der Waals surface area (Å²) in [5.74, 6) is 2.26. The minimum Gasteiger partial charge on any atom is -0.493 e. The van der Waals surface area contributed by atoms with E-state index in [0.29, 0.717) is 23.7 Å². The third kappa shape index (κ3) is 4.82. The van der Waals surface area contributed by atoms with E-state index in [1.54, 1.807) is 26.0 Å². The Bertz CT molecular complexity index is 801. The van der Waals surface area contributed by atoms with Crippen LogP contribution in [-0.4, -0.2) is 32.4 Å². The van der Waals surface area contributed by atoms with Gasteiger partial charge in [0.25, 0.3) is 0 Å². The van der Waals surface area contributed by atoms with Crippen LogP contribution in [0.15, 0.2) is 41.3 Å². The fourth-order valence-corrected chi connectivity index (χ4v) is 4.08. The number of rotatable bonds is 6. The molecule has 2 aromatic carbocycles. The van der Waals surface area contributed by atoms with Crippen molar-refractivity contribution in [3.8, 4) is 11.5 Å². The summed E-state index contributed by atoms with van der Waals surface area (Å²) in [7, 11) is 3.24. The average Bonchev–Trinajstić information content (AvgIpc) is 2.67. The lowest BCUT2D eigenvalue weighted by Crippen LogP contribution is -2.35. The first-order valence-electron chi connectivity index (χ1n) is 8.66. The van der Waals surface area contributed by atoms with E-state index in [4.69, 9.17) is 15.2 Å². The maximum atomic E-state index is 12.7. The van der Waals surface area contributed by atoms with Gasteiger partial charge in [-0.15, -0.1) is 24.2 Å². The van der Waals surface area contributed by atoms with Gasteiger partial charge in [0.1, 0.15) is 0 Å². The molecule has 2 aromatic rings. The molecule has 0 unspecified atom stereocenters. The van der Waals surface area contributed by atoms with Gasteiger partial charge in [0.2, 0.25) is 5.91 Å². The van der Waals surface area contributed by atoms with Crippen molar-refractivity contribution >= 4 is 41.5 Å². The van der Waals surface area contributed by atoms with E-state index >= 15 is 0 Å². The molecule has 3 rings (SSSR count). The monoisotopic (exact) mass is 408 g/mol. The molecule has 0 fully saturated rings. The molecule has 0 atom stereocenters. The van der Waals surface area contributed by atoms with Crippen molar-refractivity contribution in [2.24, 2.45) is 0 Å². The quantitative estimate of drug-likeness (QED) is 0.574. The lowest BCUT2D eigenvalue weighted by Gasteiger charge is -2.30. The number of anilines is 2. The smallest absolute Gasteiger partial charge is 0.227 e. The molecule has 0 aliphatic carbocycles.